The molecular formula is C21H22N8O2S. The van der Waals surface area contributed by atoms with Crippen molar-refractivity contribution in [2.75, 3.05) is 42.7 Å². The molecule has 1 aliphatic rings. The topological polar surface area (TPSA) is 109 Å². The van der Waals surface area contributed by atoms with Crippen molar-refractivity contribution in [3.05, 3.63) is 61.2 Å². The van der Waals surface area contributed by atoms with Gasteiger partial charge in [0.15, 0.2) is 0 Å². The zero-order valence-electron chi connectivity index (χ0n) is 17.5. The number of fused-ring (bicyclic) bond motifs is 1. The second kappa shape index (κ2) is 8.17. The maximum Gasteiger partial charge on any atom is 0.228 e. The van der Waals surface area contributed by atoms with Crippen LogP contribution in [0.2, 0.25) is 0 Å². The SMILES string of the molecule is CS(=O)(=O)N1CCN(c2ccc(Nc3nccc(-c4cnc5ccccn45)n3)nc2)CC1. The molecule has 11 heteroatoms. The number of hydrogen-bond acceptors (Lipinski definition) is 8. The van der Waals surface area contributed by atoms with Gasteiger partial charge >= 0.3 is 0 Å². The molecule has 0 amide bonds. The third kappa shape index (κ3) is 4.12. The van der Waals surface area contributed by atoms with Gasteiger partial charge in [0.2, 0.25) is 16.0 Å². The van der Waals surface area contributed by atoms with E-state index in [4.69, 9.17) is 0 Å². The van der Waals surface area contributed by atoms with E-state index in [1.54, 1.807) is 18.6 Å². The van der Waals surface area contributed by atoms with Gasteiger partial charge in [0, 0.05) is 38.6 Å². The number of aromatic nitrogens is 5. The maximum atomic E-state index is 11.7. The number of sulfonamides is 1. The molecule has 0 aliphatic carbocycles. The minimum Gasteiger partial charge on any atom is -0.368 e. The van der Waals surface area contributed by atoms with Gasteiger partial charge in [-0.1, -0.05) is 6.07 Å². The fourth-order valence-corrected chi connectivity index (χ4v) is 4.55. The molecule has 1 N–H and O–H groups in total. The molecule has 0 radical (unpaired) electrons. The zero-order chi connectivity index (χ0) is 22.1. The summed E-state index contributed by atoms with van der Waals surface area (Å²) in [6, 6.07) is 11.5. The van der Waals surface area contributed by atoms with E-state index in [1.807, 2.05) is 47.0 Å². The number of anilines is 3. The predicted octanol–water partition coefficient (Wildman–Crippen LogP) is 2.01. The van der Waals surface area contributed by atoms with Gasteiger partial charge in [-0.2, -0.15) is 4.31 Å². The van der Waals surface area contributed by atoms with E-state index >= 15 is 0 Å². The van der Waals surface area contributed by atoms with Gasteiger partial charge in [-0.15, -0.1) is 0 Å². The van der Waals surface area contributed by atoms with Crippen molar-refractivity contribution in [2.45, 2.75) is 0 Å². The van der Waals surface area contributed by atoms with Crippen LogP contribution in [-0.4, -0.2) is 69.5 Å². The number of pyridine rings is 2. The highest BCUT2D eigenvalue weighted by atomic mass is 32.2. The molecule has 1 aliphatic heterocycles. The Bertz CT molecular complexity index is 1350. The molecule has 1 saturated heterocycles. The van der Waals surface area contributed by atoms with Crippen molar-refractivity contribution >= 4 is 33.1 Å². The van der Waals surface area contributed by atoms with Gasteiger partial charge in [0.25, 0.3) is 0 Å². The van der Waals surface area contributed by atoms with E-state index in [1.165, 1.54) is 10.6 Å². The van der Waals surface area contributed by atoms with Crippen LogP contribution in [0.5, 0.6) is 0 Å². The minimum absolute atomic E-state index is 0.440. The summed E-state index contributed by atoms with van der Waals surface area (Å²) in [6.07, 6.45) is 8.45. The van der Waals surface area contributed by atoms with Crippen LogP contribution in [0, 0.1) is 0 Å². The first-order valence-corrected chi connectivity index (χ1v) is 12.0. The molecule has 164 valence electrons. The highest BCUT2D eigenvalue weighted by Gasteiger charge is 2.23. The second-order valence-corrected chi connectivity index (χ2v) is 9.50. The van der Waals surface area contributed by atoms with Crippen LogP contribution in [0.3, 0.4) is 0 Å². The number of imidazole rings is 1. The average Bonchev–Trinajstić information content (AvgIpc) is 3.24. The summed E-state index contributed by atoms with van der Waals surface area (Å²) in [5, 5.41) is 3.14. The molecule has 10 nitrogen and oxygen atoms in total. The van der Waals surface area contributed by atoms with Gasteiger partial charge in [0.05, 0.1) is 35.7 Å². The van der Waals surface area contributed by atoms with Crippen LogP contribution in [0.15, 0.2) is 61.2 Å². The standard InChI is InChI=1S/C21H22N8O2S/c1-32(30,31)28-12-10-27(11-13-28)16-5-6-19(23-14-16)26-21-22-8-7-17(25-21)18-15-24-20-4-2-3-9-29(18)20/h2-9,14-15H,10-13H2,1H3,(H,22,23,25,26). The Hall–Kier alpha value is -3.57. The van der Waals surface area contributed by atoms with Gasteiger partial charge in [-0.25, -0.2) is 28.4 Å². The van der Waals surface area contributed by atoms with Crippen LogP contribution >= 0.6 is 0 Å². The van der Waals surface area contributed by atoms with Gasteiger partial charge < -0.3 is 10.2 Å². The van der Waals surface area contributed by atoms with Gasteiger partial charge in [0.1, 0.15) is 11.5 Å². The predicted molar refractivity (Wildman–Crippen MR) is 122 cm³/mol. The highest BCUT2D eigenvalue weighted by molar-refractivity contribution is 7.88. The van der Waals surface area contributed by atoms with Crippen LogP contribution in [0.25, 0.3) is 17.0 Å². The minimum atomic E-state index is -3.14. The summed E-state index contributed by atoms with van der Waals surface area (Å²) in [5.41, 5.74) is 3.43. The molecule has 32 heavy (non-hydrogen) atoms. The van der Waals surface area contributed by atoms with E-state index in [0.717, 1.165) is 22.7 Å². The molecule has 0 saturated carbocycles. The molecular weight excluding hydrogens is 428 g/mol. The maximum absolute atomic E-state index is 11.7. The number of rotatable bonds is 5. The first-order chi connectivity index (χ1) is 15.5. The summed E-state index contributed by atoms with van der Waals surface area (Å²) in [5.74, 6) is 1.06. The smallest absolute Gasteiger partial charge is 0.228 e. The van der Waals surface area contributed by atoms with E-state index in [2.05, 4.69) is 30.2 Å². The summed E-state index contributed by atoms with van der Waals surface area (Å²) in [7, 11) is -3.14. The zero-order valence-corrected chi connectivity index (χ0v) is 18.3. The van der Waals surface area contributed by atoms with Crippen LogP contribution in [0.4, 0.5) is 17.5 Å². The Morgan fingerprint density at radius 2 is 1.78 bits per heavy atom. The molecule has 5 heterocycles. The largest absolute Gasteiger partial charge is 0.368 e. The third-order valence-electron chi connectivity index (χ3n) is 5.40. The molecule has 1 fully saturated rings. The van der Waals surface area contributed by atoms with Crippen LogP contribution in [0.1, 0.15) is 0 Å². The van der Waals surface area contributed by atoms with Crippen molar-refractivity contribution in [2.24, 2.45) is 0 Å². The first-order valence-electron chi connectivity index (χ1n) is 10.2. The lowest BCUT2D eigenvalue weighted by Gasteiger charge is -2.34. The number of piperazine rings is 1. The third-order valence-corrected chi connectivity index (χ3v) is 6.70. The monoisotopic (exact) mass is 450 g/mol. The Balaban J connectivity index is 1.29. The van der Waals surface area contributed by atoms with Gasteiger partial charge in [-0.05, 0) is 30.3 Å². The summed E-state index contributed by atoms with van der Waals surface area (Å²) in [6.45, 7) is 2.21. The van der Waals surface area contributed by atoms with Crippen molar-refractivity contribution in [1.82, 2.24) is 28.6 Å². The lowest BCUT2D eigenvalue weighted by molar-refractivity contribution is 0.388. The molecule has 4 aromatic heterocycles. The quantitative estimate of drug-likeness (QED) is 0.492. The van der Waals surface area contributed by atoms with Crippen molar-refractivity contribution in [1.29, 1.82) is 0 Å². The van der Waals surface area contributed by atoms with Crippen LogP contribution in [-0.2, 0) is 10.0 Å². The lowest BCUT2D eigenvalue weighted by atomic mass is 10.3. The molecule has 0 atom stereocenters. The van der Waals surface area contributed by atoms with Crippen molar-refractivity contribution in [3.8, 4) is 11.4 Å². The molecule has 0 aromatic carbocycles. The summed E-state index contributed by atoms with van der Waals surface area (Å²) in [4.78, 5) is 19.9. The second-order valence-electron chi connectivity index (χ2n) is 7.51. The van der Waals surface area contributed by atoms with Crippen molar-refractivity contribution < 1.29 is 8.42 Å². The Kier molecular flexibility index (Phi) is 5.19. The fourth-order valence-electron chi connectivity index (χ4n) is 3.72. The Labute approximate surface area is 185 Å². The molecule has 4 aromatic rings. The van der Waals surface area contributed by atoms with E-state index in [0.29, 0.717) is 37.9 Å². The molecule has 0 spiro atoms. The van der Waals surface area contributed by atoms with Crippen molar-refractivity contribution in [3.63, 3.8) is 0 Å². The first kappa shape index (κ1) is 20.3. The number of nitrogens with one attached hydrogen (secondary N) is 1. The fraction of sp³-hybridized carbons (Fsp3) is 0.238. The molecule has 0 bridgehead atoms. The normalized spacial score (nSPS) is 15.2. The lowest BCUT2D eigenvalue weighted by Crippen LogP contribution is -2.48. The highest BCUT2D eigenvalue weighted by Crippen LogP contribution is 2.22. The molecule has 5 rings (SSSR count). The Morgan fingerprint density at radius 3 is 2.53 bits per heavy atom. The van der Waals surface area contributed by atoms with Gasteiger partial charge in [-0.3, -0.25) is 4.40 Å². The number of nitrogens with zero attached hydrogens (tertiary/aromatic N) is 7. The van der Waals surface area contributed by atoms with E-state index < -0.39 is 10.0 Å². The summed E-state index contributed by atoms with van der Waals surface area (Å²) >= 11 is 0. The average molecular weight is 451 g/mol. The van der Waals surface area contributed by atoms with E-state index in [-0.39, 0.29) is 0 Å². The summed E-state index contributed by atoms with van der Waals surface area (Å²) < 4.78 is 26.8. The Morgan fingerprint density at radius 1 is 0.938 bits per heavy atom. The van der Waals surface area contributed by atoms with E-state index in [9.17, 15) is 8.42 Å². The molecule has 0 unspecified atom stereocenters. The van der Waals surface area contributed by atoms with Crippen LogP contribution < -0.4 is 10.2 Å². The number of hydrogen-bond donors (Lipinski definition) is 1.